The fraction of sp³-hybridized carbons (Fsp3) is 0.792. The summed E-state index contributed by atoms with van der Waals surface area (Å²) in [7, 11) is 0. The first-order valence-corrected chi connectivity index (χ1v) is 11.5. The highest BCUT2D eigenvalue weighted by Crippen LogP contribution is 2.50. The van der Waals surface area contributed by atoms with Gasteiger partial charge in [0.05, 0.1) is 6.61 Å². The van der Waals surface area contributed by atoms with Crippen molar-refractivity contribution >= 4 is 0 Å². The second kappa shape index (κ2) is 9.52. The zero-order valence-electron chi connectivity index (χ0n) is 17.1. The maximum atomic E-state index is 6.05. The van der Waals surface area contributed by atoms with Crippen molar-refractivity contribution < 1.29 is 4.74 Å². The third-order valence-corrected chi connectivity index (χ3v) is 7.68. The highest BCUT2D eigenvalue weighted by molar-refractivity contribution is 5.09. The molecule has 0 aromatic carbocycles. The zero-order chi connectivity index (χ0) is 18.4. The van der Waals surface area contributed by atoms with Crippen LogP contribution in [0, 0.1) is 17.3 Å². The standard InChI is InChI=1S/C24H38N2O/c1-2-15-26(14-1)16-17-27-20-22-7-11-24(12-8-22)9-5-21(6-10-24)18-23-4-3-13-25-19-23/h3-4,13,19,21-22H,1-2,5-12,14-18,20H2. The minimum atomic E-state index is 0.678. The molecule has 150 valence electrons. The van der Waals surface area contributed by atoms with Gasteiger partial charge < -0.3 is 9.64 Å². The molecule has 3 heteroatoms. The number of hydrogen-bond acceptors (Lipinski definition) is 3. The van der Waals surface area contributed by atoms with Gasteiger partial charge in [0.2, 0.25) is 0 Å². The predicted molar refractivity (Wildman–Crippen MR) is 111 cm³/mol. The lowest BCUT2D eigenvalue weighted by molar-refractivity contribution is 0.0281. The van der Waals surface area contributed by atoms with Crippen molar-refractivity contribution in [3.63, 3.8) is 0 Å². The molecule has 2 saturated carbocycles. The maximum absolute atomic E-state index is 6.05. The Bertz CT molecular complexity index is 537. The minimum absolute atomic E-state index is 0.678. The van der Waals surface area contributed by atoms with Gasteiger partial charge in [0.25, 0.3) is 0 Å². The number of rotatable bonds is 7. The smallest absolute Gasteiger partial charge is 0.0593 e. The molecule has 2 aliphatic carbocycles. The largest absolute Gasteiger partial charge is 0.380 e. The van der Waals surface area contributed by atoms with Crippen LogP contribution in [0.3, 0.4) is 0 Å². The summed E-state index contributed by atoms with van der Waals surface area (Å²) in [5, 5.41) is 0. The molecule has 3 aliphatic rings. The third-order valence-electron chi connectivity index (χ3n) is 7.68. The number of likely N-dealkylation sites (tertiary alicyclic amines) is 1. The summed E-state index contributed by atoms with van der Waals surface area (Å²) in [6.07, 6.45) is 19.4. The SMILES string of the molecule is c1cncc(CC2CCC3(CCC(COCCN4CCCC4)CC3)CC2)c1. The fourth-order valence-electron chi connectivity index (χ4n) is 5.75. The zero-order valence-corrected chi connectivity index (χ0v) is 17.1. The molecule has 3 fully saturated rings. The maximum Gasteiger partial charge on any atom is 0.0593 e. The molecule has 1 spiro atoms. The van der Waals surface area contributed by atoms with Crippen LogP contribution in [0.4, 0.5) is 0 Å². The fourth-order valence-corrected chi connectivity index (χ4v) is 5.75. The van der Waals surface area contributed by atoms with Crippen LogP contribution in [0.1, 0.15) is 69.8 Å². The van der Waals surface area contributed by atoms with Gasteiger partial charge in [-0.2, -0.15) is 0 Å². The lowest BCUT2D eigenvalue weighted by Gasteiger charge is -2.45. The highest BCUT2D eigenvalue weighted by atomic mass is 16.5. The van der Waals surface area contributed by atoms with E-state index in [4.69, 9.17) is 4.74 Å². The Balaban J connectivity index is 1.12. The lowest BCUT2D eigenvalue weighted by atomic mass is 9.61. The summed E-state index contributed by atoms with van der Waals surface area (Å²) >= 11 is 0. The molecule has 1 aromatic rings. The summed E-state index contributed by atoms with van der Waals surface area (Å²) in [5.74, 6) is 1.70. The van der Waals surface area contributed by atoms with Crippen molar-refractivity contribution in [3.8, 4) is 0 Å². The Morgan fingerprint density at radius 2 is 1.70 bits per heavy atom. The Morgan fingerprint density at radius 1 is 1.00 bits per heavy atom. The van der Waals surface area contributed by atoms with Gasteiger partial charge in [0.15, 0.2) is 0 Å². The summed E-state index contributed by atoms with van der Waals surface area (Å²) in [5.41, 5.74) is 2.10. The Labute approximate surface area is 165 Å². The van der Waals surface area contributed by atoms with E-state index in [-0.39, 0.29) is 0 Å². The van der Waals surface area contributed by atoms with E-state index in [1.54, 1.807) is 0 Å². The molecule has 0 N–H and O–H groups in total. The molecule has 0 bridgehead atoms. The minimum Gasteiger partial charge on any atom is -0.380 e. The van der Waals surface area contributed by atoms with Gasteiger partial charge >= 0.3 is 0 Å². The van der Waals surface area contributed by atoms with Crippen molar-refractivity contribution in [1.29, 1.82) is 0 Å². The third kappa shape index (κ3) is 5.54. The number of pyridine rings is 1. The molecule has 1 aliphatic heterocycles. The molecule has 1 saturated heterocycles. The Hall–Kier alpha value is -0.930. The van der Waals surface area contributed by atoms with Crippen molar-refractivity contribution in [3.05, 3.63) is 30.1 Å². The summed E-state index contributed by atoms with van der Waals surface area (Å²) in [6.45, 7) is 5.67. The normalized spacial score (nSPS) is 32.1. The van der Waals surface area contributed by atoms with E-state index in [1.807, 2.05) is 6.20 Å². The summed E-state index contributed by atoms with van der Waals surface area (Å²) in [4.78, 5) is 6.84. The van der Waals surface area contributed by atoms with E-state index in [1.165, 1.54) is 89.3 Å². The van der Waals surface area contributed by atoms with Crippen LogP contribution < -0.4 is 0 Å². The van der Waals surface area contributed by atoms with Gasteiger partial charge in [-0.3, -0.25) is 4.98 Å². The average Bonchev–Trinajstić information content (AvgIpc) is 3.23. The molecule has 1 aromatic heterocycles. The van der Waals surface area contributed by atoms with E-state index < -0.39 is 0 Å². The second-order valence-corrected chi connectivity index (χ2v) is 9.58. The van der Waals surface area contributed by atoms with Gasteiger partial charge in [0, 0.05) is 25.5 Å². The average molecular weight is 371 g/mol. The first-order valence-electron chi connectivity index (χ1n) is 11.5. The first kappa shape index (κ1) is 19.4. The number of aromatic nitrogens is 1. The number of hydrogen-bond donors (Lipinski definition) is 0. The number of nitrogens with zero attached hydrogens (tertiary/aromatic N) is 2. The Morgan fingerprint density at radius 3 is 2.37 bits per heavy atom. The first-order chi connectivity index (χ1) is 13.3. The monoisotopic (exact) mass is 370 g/mol. The summed E-state index contributed by atoms with van der Waals surface area (Å²) in [6, 6.07) is 4.32. The molecule has 0 amide bonds. The van der Waals surface area contributed by atoms with Crippen LogP contribution in [-0.2, 0) is 11.2 Å². The molecule has 3 nitrogen and oxygen atoms in total. The molecule has 0 radical (unpaired) electrons. The number of ether oxygens (including phenoxy) is 1. The topological polar surface area (TPSA) is 25.4 Å². The molecular formula is C24H38N2O. The van der Waals surface area contributed by atoms with E-state index >= 15 is 0 Å². The van der Waals surface area contributed by atoms with Crippen molar-refractivity contribution in [2.45, 2.75) is 70.6 Å². The van der Waals surface area contributed by atoms with Gasteiger partial charge in [-0.05, 0) is 113 Å². The van der Waals surface area contributed by atoms with Crippen molar-refractivity contribution in [1.82, 2.24) is 9.88 Å². The van der Waals surface area contributed by atoms with Crippen molar-refractivity contribution in [2.75, 3.05) is 32.8 Å². The van der Waals surface area contributed by atoms with E-state index in [0.29, 0.717) is 5.41 Å². The van der Waals surface area contributed by atoms with Gasteiger partial charge in [0.1, 0.15) is 0 Å². The van der Waals surface area contributed by atoms with Crippen LogP contribution in [-0.4, -0.2) is 42.7 Å². The molecule has 4 rings (SSSR count). The van der Waals surface area contributed by atoms with Crippen LogP contribution in [0.5, 0.6) is 0 Å². The highest BCUT2D eigenvalue weighted by Gasteiger charge is 2.38. The van der Waals surface area contributed by atoms with E-state index in [2.05, 4.69) is 28.2 Å². The Kier molecular flexibility index (Phi) is 6.83. The van der Waals surface area contributed by atoms with Crippen LogP contribution in [0.25, 0.3) is 0 Å². The van der Waals surface area contributed by atoms with Gasteiger partial charge in [-0.1, -0.05) is 6.07 Å². The predicted octanol–water partition coefficient (Wildman–Crippen LogP) is 5.10. The molecule has 27 heavy (non-hydrogen) atoms. The lowest BCUT2D eigenvalue weighted by Crippen LogP contribution is -2.34. The molecule has 0 unspecified atom stereocenters. The summed E-state index contributed by atoms with van der Waals surface area (Å²) < 4.78 is 6.05. The molecule has 2 heterocycles. The van der Waals surface area contributed by atoms with Gasteiger partial charge in [-0.25, -0.2) is 0 Å². The second-order valence-electron chi connectivity index (χ2n) is 9.58. The molecule has 0 atom stereocenters. The quantitative estimate of drug-likeness (QED) is 0.624. The van der Waals surface area contributed by atoms with Crippen LogP contribution in [0.2, 0.25) is 0 Å². The van der Waals surface area contributed by atoms with Crippen molar-refractivity contribution in [2.24, 2.45) is 17.3 Å². The van der Waals surface area contributed by atoms with Gasteiger partial charge in [-0.15, -0.1) is 0 Å². The van der Waals surface area contributed by atoms with E-state index in [9.17, 15) is 0 Å². The molecular weight excluding hydrogens is 332 g/mol. The van der Waals surface area contributed by atoms with Crippen LogP contribution in [0.15, 0.2) is 24.5 Å². The van der Waals surface area contributed by atoms with E-state index in [0.717, 1.165) is 31.6 Å². The van der Waals surface area contributed by atoms with Crippen LogP contribution >= 0.6 is 0 Å².